The van der Waals surface area contributed by atoms with E-state index in [4.69, 9.17) is 11.6 Å². The Morgan fingerprint density at radius 2 is 2.20 bits per heavy atom. The summed E-state index contributed by atoms with van der Waals surface area (Å²) < 4.78 is 13.0. The van der Waals surface area contributed by atoms with E-state index in [1.165, 1.54) is 18.3 Å². The molecular formula is C15H14ClFN2O. The lowest BCUT2D eigenvalue weighted by Gasteiger charge is -2.07. The molecule has 0 spiro atoms. The molecule has 1 N–H and O–H groups in total. The Labute approximate surface area is 121 Å². The minimum atomic E-state index is -0.279. The fourth-order valence-corrected chi connectivity index (χ4v) is 2.09. The molecule has 0 bridgehead atoms. The van der Waals surface area contributed by atoms with Crippen LogP contribution in [0.1, 0.15) is 21.6 Å². The minimum absolute atomic E-state index is 0.278. The molecule has 0 aliphatic heterocycles. The first-order chi connectivity index (χ1) is 9.56. The van der Waals surface area contributed by atoms with Crippen molar-refractivity contribution in [1.82, 2.24) is 10.3 Å². The number of carbonyl (C=O) groups is 1. The van der Waals surface area contributed by atoms with Crippen LogP contribution >= 0.6 is 11.6 Å². The molecule has 1 aromatic heterocycles. The molecule has 104 valence electrons. The first-order valence-electron chi connectivity index (χ1n) is 6.21. The molecule has 3 nitrogen and oxygen atoms in total. The van der Waals surface area contributed by atoms with Crippen LogP contribution in [0.4, 0.5) is 4.39 Å². The zero-order valence-electron chi connectivity index (χ0n) is 11.0. The van der Waals surface area contributed by atoms with E-state index < -0.39 is 0 Å². The number of carbonyl (C=O) groups excluding carboxylic acids is 1. The Morgan fingerprint density at radius 3 is 2.90 bits per heavy atom. The number of aryl methyl sites for hydroxylation is 1. The average Bonchev–Trinajstić information content (AvgIpc) is 2.38. The van der Waals surface area contributed by atoms with Crippen LogP contribution in [0.2, 0.25) is 5.02 Å². The van der Waals surface area contributed by atoms with Crippen LogP contribution in [0.25, 0.3) is 0 Å². The summed E-state index contributed by atoms with van der Waals surface area (Å²) in [5, 5.41) is 3.12. The lowest BCUT2D eigenvalue weighted by atomic mass is 10.1. The van der Waals surface area contributed by atoms with Crippen LogP contribution in [0.5, 0.6) is 0 Å². The van der Waals surface area contributed by atoms with Gasteiger partial charge in [-0.15, -0.1) is 0 Å². The van der Waals surface area contributed by atoms with E-state index in [0.717, 1.165) is 11.3 Å². The first kappa shape index (κ1) is 14.5. The maximum Gasteiger partial charge on any atom is 0.254 e. The maximum atomic E-state index is 13.0. The van der Waals surface area contributed by atoms with E-state index in [0.29, 0.717) is 23.6 Å². The van der Waals surface area contributed by atoms with Crippen LogP contribution in [-0.4, -0.2) is 17.4 Å². The van der Waals surface area contributed by atoms with E-state index in [9.17, 15) is 9.18 Å². The van der Waals surface area contributed by atoms with E-state index in [-0.39, 0.29) is 11.7 Å². The normalized spacial score (nSPS) is 10.3. The Kier molecular flexibility index (Phi) is 4.69. The van der Waals surface area contributed by atoms with Gasteiger partial charge in [0.1, 0.15) is 5.82 Å². The molecule has 2 rings (SSSR count). The fraction of sp³-hybridized carbons (Fsp3) is 0.200. The molecule has 1 heterocycles. The quantitative estimate of drug-likeness (QED) is 0.940. The molecule has 0 aliphatic rings. The minimum Gasteiger partial charge on any atom is -0.352 e. The highest BCUT2D eigenvalue weighted by Gasteiger charge is 2.10. The second-order valence-corrected chi connectivity index (χ2v) is 4.85. The highest BCUT2D eigenvalue weighted by molar-refractivity contribution is 6.33. The van der Waals surface area contributed by atoms with Gasteiger partial charge in [-0.3, -0.25) is 9.78 Å². The van der Waals surface area contributed by atoms with Gasteiger partial charge in [-0.05, 0) is 37.1 Å². The number of hydrogen-bond acceptors (Lipinski definition) is 2. The van der Waals surface area contributed by atoms with Crippen molar-refractivity contribution >= 4 is 17.5 Å². The van der Waals surface area contributed by atoms with E-state index in [1.54, 1.807) is 19.1 Å². The summed E-state index contributed by atoms with van der Waals surface area (Å²) >= 11 is 5.99. The van der Waals surface area contributed by atoms with E-state index in [2.05, 4.69) is 10.3 Å². The zero-order chi connectivity index (χ0) is 14.5. The van der Waals surface area contributed by atoms with Crippen molar-refractivity contribution in [2.75, 3.05) is 6.54 Å². The zero-order valence-corrected chi connectivity index (χ0v) is 11.7. The highest BCUT2D eigenvalue weighted by Crippen LogP contribution is 2.15. The van der Waals surface area contributed by atoms with Crippen LogP contribution in [0, 0.1) is 12.7 Å². The topological polar surface area (TPSA) is 42.0 Å². The number of amides is 1. The van der Waals surface area contributed by atoms with E-state index in [1.807, 2.05) is 6.07 Å². The van der Waals surface area contributed by atoms with Crippen molar-refractivity contribution in [3.05, 3.63) is 64.2 Å². The number of benzene rings is 1. The standard InChI is InChI=1S/C15H14ClFN2O/c1-10-7-14(16)13(9-19-10)15(20)18-6-5-11-3-2-4-12(17)8-11/h2-4,7-9H,5-6H2,1H3,(H,18,20). The summed E-state index contributed by atoms with van der Waals surface area (Å²) in [6.07, 6.45) is 2.01. The van der Waals surface area contributed by atoms with Crippen molar-refractivity contribution in [2.45, 2.75) is 13.3 Å². The maximum absolute atomic E-state index is 13.0. The van der Waals surface area contributed by atoms with Gasteiger partial charge in [-0.2, -0.15) is 0 Å². The number of aromatic nitrogens is 1. The van der Waals surface area contributed by atoms with Crippen LogP contribution in [0.3, 0.4) is 0 Å². The van der Waals surface area contributed by atoms with Gasteiger partial charge in [-0.25, -0.2) is 4.39 Å². The molecule has 0 unspecified atom stereocenters. The van der Waals surface area contributed by atoms with Crippen LogP contribution in [-0.2, 0) is 6.42 Å². The lowest BCUT2D eigenvalue weighted by molar-refractivity contribution is 0.0954. The van der Waals surface area contributed by atoms with Gasteiger partial charge in [0, 0.05) is 18.4 Å². The molecule has 0 aliphatic carbocycles. The number of rotatable bonds is 4. The number of pyridine rings is 1. The summed E-state index contributed by atoms with van der Waals surface area (Å²) in [4.78, 5) is 16.0. The second-order valence-electron chi connectivity index (χ2n) is 4.44. The molecular weight excluding hydrogens is 279 g/mol. The van der Waals surface area contributed by atoms with Crippen molar-refractivity contribution in [3.63, 3.8) is 0 Å². The number of nitrogens with zero attached hydrogens (tertiary/aromatic N) is 1. The summed E-state index contributed by atoms with van der Waals surface area (Å²) in [5.41, 5.74) is 1.93. The average molecular weight is 293 g/mol. The van der Waals surface area contributed by atoms with Gasteiger partial charge in [0.05, 0.1) is 10.6 Å². The van der Waals surface area contributed by atoms with Crippen LogP contribution < -0.4 is 5.32 Å². The third-order valence-corrected chi connectivity index (χ3v) is 3.14. The van der Waals surface area contributed by atoms with Gasteiger partial charge < -0.3 is 5.32 Å². The Morgan fingerprint density at radius 1 is 1.40 bits per heavy atom. The van der Waals surface area contributed by atoms with Gasteiger partial charge in [0.25, 0.3) is 5.91 Å². The largest absolute Gasteiger partial charge is 0.352 e. The molecule has 0 fully saturated rings. The third kappa shape index (κ3) is 3.78. The van der Waals surface area contributed by atoms with Crippen LogP contribution in [0.15, 0.2) is 36.5 Å². The molecule has 0 saturated heterocycles. The van der Waals surface area contributed by atoms with Crippen molar-refractivity contribution in [3.8, 4) is 0 Å². The summed E-state index contributed by atoms with van der Waals surface area (Å²) in [6.45, 7) is 2.21. The predicted octanol–water partition coefficient (Wildman–Crippen LogP) is 3.16. The molecule has 0 atom stereocenters. The molecule has 5 heteroatoms. The molecule has 2 aromatic rings. The summed E-state index contributed by atoms with van der Waals surface area (Å²) in [5.74, 6) is -0.557. The fourth-order valence-electron chi connectivity index (χ4n) is 1.80. The number of halogens is 2. The monoisotopic (exact) mass is 292 g/mol. The Bertz CT molecular complexity index is 631. The second kappa shape index (κ2) is 6.48. The lowest BCUT2D eigenvalue weighted by Crippen LogP contribution is -2.26. The van der Waals surface area contributed by atoms with Gasteiger partial charge >= 0.3 is 0 Å². The SMILES string of the molecule is Cc1cc(Cl)c(C(=O)NCCc2cccc(F)c2)cn1. The Hall–Kier alpha value is -1.94. The highest BCUT2D eigenvalue weighted by atomic mass is 35.5. The molecule has 1 amide bonds. The molecule has 20 heavy (non-hydrogen) atoms. The molecule has 0 saturated carbocycles. The van der Waals surface area contributed by atoms with Gasteiger partial charge in [0.2, 0.25) is 0 Å². The van der Waals surface area contributed by atoms with Crippen molar-refractivity contribution in [1.29, 1.82) is 0 Å². The van der Waals surface area contributed by atoms with Gasteiger partial charge in [0.15, 0.2) is 0 Å². The number of hydrogen-bond donors (Lipinski definition) is 1. The smallest absolute Gasteiger partial charge is 0.254 e. The van der Waals surface area contributed by atoms with E-state index >= 15 is 0 Å². The predicted molar refractivity (Wildman–Crippen MR) is 76.4 cm³/mol. The van der Waals surface area contributed by atoms with Crippen molar-refractivity contribution < 1.29 is 9.18 Å². The van der Waals surface area contributed by atoms with Crippen molar-refractivity contribution in [2.24, 2.45) is 0 Å². The Balaban J connectivity index is 1.92. The number of nitrogens with one attached hydrogen (secondary N) is 1. The summed E-state index contributed by atoms with van der Waals surface area (Å²) in [7, 11) is 0. The van der Waals surface area contributed by atoms with Gasteiger partial charge in [-0.1, -0.05) is 23.7 Å². The molecule has 1 aromatic carbocycles. The third-order valence-electron chi connectivity index (χ3n) is 2.82. The first-order valence-corrected chi connectivity index (χ1v) is 6.59. The molecule has 0 radical (unpaired) electrons. The summed E-state index contributed by atoms with van der Waals surface area (Å²) in [6, 6.07) is 7.94.